The van der Waals surface area contributed by atoms with E-state index >= 15 is 0 Å². The lowest BCUT2D eigenvalue weighted by Gasteiger charge is -2.04. The number of hydrogen-bond donors (Lipinski definition) is 1. The van der Waals surface area contributed by atoms with Crippen LogP contribution in [0.3, 0.4) is 0 Å². The van der Waals surface area contributed by atoms with Crippen molar-refractivity contribution in [3.8, 4) is 0 Å². The summed E-state index contributed by atoms with van der Waals surface area (Å²) in [5, 5.41) is 6.68. The molecule has 2 aromatic carbocycles. The molecule has 1 N–H and O–H groups in total. The van der Waals surface area contributed by atoms with Gasteiger partial charge in [-0.15, -0.1) is 0 Å². The van der Waals surface area contributed by atoms with Crippen molar-refractivity contribution in [1.29, 1.82) is 0 Å². The van der Waals surface area contributed by atoms with Crippen molar-refractivity contribution in [1.82, 2.24) is 0 Å². The first-order valence-corrected chi connectivity index (χ1v) is 7.83. The topological polar surface area (TPSA) is 66.1 Å². The van der Waals surface area contributed by atoms with Crippen molar-refractivity contribution in [2.45, 2.75) is 19.4 Å². The molecule has 1 heterocycles. The molecule has 1 atom stereocenters. The largest absolute Gasteiger partial charge is 0.348 e. The number of anilines is 1. The zero-order chi connectivity index (χ0) is 16.8. The van der Waals surface area contributed by atoms with E-state index in [1.165, 1.54) is 5.56 Å². The van der Waals surface area contributed by atoms with Gasteiger partial charge in [-0.1, -0.05) is 53.2 Å². The third-order valence-corrected chi connectivity index (χ3v) is 3.68. The second-order valence-electron chi connectivity index (χ2n) is 5.61. The van der Waals surface area contributed by atoms with E-state index in [0.717, 1.165) is 6.42 Å². The van der Waals surface area contributed by atoms with Crippen LogP contribution in [-0.2, 0) is 11.3 Å². The van der Waals surface area contributed by atoms with E-state index in [1.807, 2.05) is 36.4 Å². The van der Waals surface area contributed by atoms with Gasteiger partial charge in [-0.2, -0.15) is 4.99 Å². The fourth-order valence-electron chi connectivity index (χ4n) is 2.43. The summed E-state index contributed by atoms with van der Waals surface area (Å²) in [5.74, 6) is 0.295. The van der Waals surface area contributed by atoms with E-state index in [9.17, 15) is 4.79 Å². The SMILES string of the molecule is C[C@@H](Cc1ccccc1)[N+]1=NOC(=NC(=O)Nc2ccccc2)C1. The number of benzene rings is 2. The van der Waals surface area contributed by atoms with Crippen LogP contribution in [0.5, 0.6) is 0 Å². The molecule has 1 aliphatic heterocycles. The second-order valence-corrected chi connectivity index (χ2v) is 5.61. The number of nitrogens with one attached hydrogen (secondary N) is 1. The summed E-state index contributed by atoms with van der Waals surface area (Å²) >= 11 is 0. The average Bonchev–Trinajstić information content (AvgIpc) is 3.05. The maximum absolute atomic E-state index is 11.9. The quantitative estimate of drug-likeness (QED) is 0.873. The van der Waals surface area contributed by atoms with Crippen molar-refractivity contribution < 1.29 is 14.3 Å². The van der Waals surface area contributed by atoms with Gasteiger partial charge in [0.1, 0.15) is 0 Å². The predicted octanol–water partition coefficient (Wildman–Crippen LogP) is 3.66. The number of amides is 2. The third-order valence-electron chi connectivity index (χ3n) is 3.68. The highest BCUT2D eigenvalue weighted by molar-refractivity contribution is 5.98. The Balaban J connectivity index is 1.55. The third kappa shape index (κ3) is 4.25. The van der Waals surface area contributed by atoms with Crippen molar-refractivity contribution in [3.63, 3.8) is 0 Å². The fraction of sp³-hybridized carbons (Fsp3) is 0.222. The number of hydrogen-bond acceptors (Lipinski definition) is 3. The van der Waals surface area contributed by atoms with Crippen LogP contribution >= 0.6 is 0 Å². The zero-order valence-electron chi connectivity index (χ0n) is 13.4. The van der Waals surface area contributed by atoms with Crippen LogP contribution in [-0.4, -0.2) is 29.2 Å². The summed E-state index contributed by atoms with van der Waals surface area (Å²) in [6.45, 7) is 2.45. The molecule has 0 aromatic heterocycles. The molecule has 2 aromatic rings. The molecule has 6 nitrogen and oxygen atoms in total. The molecule has 0 saturated heterocycles. The Kier molecular flexibility index (Phi) is 4.96. The van der Waals surface area contributed by atoms with Crippen molar-refractivity contribution >= 4 is 17.6 Å². The van der Waals surface area contributed by atoms with Gasteiger partial charge in [0.25, 0.3) is 6.54 Å². The highest BCUT2D eigenvalue weighted by atomic mass is 16.7. The number of nitrogens with zero attached hydrogens (tertiary/aromatic N) is 3. The Labute approximate surface area is 140 Å². The minimum absolute atomic E-state index is 0.150. The van der Waals surface area contributed by atoms with E-state index in [4.69, 9.17) is 4.84 Å². The maximum Gasteiger partial charge on any atom is 0.348 e. The Bertz CT molecular complexity index is 757. The maximum atomic E-state index is 11.9. The van der Waals surface area contributed by atoms with Crippen LogP contribution in [0.2, 0.25) is 0 Å². The standard InChI is InChI=1S/C18H18N4O2/c1-14(12-15-8-4-2-5-9-15)22-13-17(24-21-22)20-18(23)19-16-10-6-3-7-11-16/h2-11,14H,12-13H2,1H3/p+1/t14-/m0/s1. The molecule has 0 bridgehead atoms. The van der Waals surface area contributed by atoms with E-state index in [-0.39, 0.29) is 6.04 Å². The van der Waals surface area contributed by atoms with Crippen LogP contribution in [0, 0.1) is 0 Å². The van der Waals surface area contributed by atoms with E-state index < -0.39 is 6.03 Å². The van der Waals surface area contributed by atoms with Crippen LogP contribution in [0.4, 0.5) is 10.5 Å². The van der Waals surface area contributed by atoms with Crippen LogP contribution in [0.1, 0.15) is 12.5 Å². The average molecular weight is 323 g/mol. The number of rotatable bonds is 4. The van der Waals surface area contributed by atoms with Crippen LogP contribution in [0.25, 0.3) is 0 Å². The molecule has 0 saturated carbocycles. The summed E-state index contributed by atoms with van der Waals surface area (Å²) in [5.41, 5.74) is 1.92. The lowest BCUT2D eigenvalue weighted by Crippen LogP contribution is -2.25. The first kappa shape index (κ1) is 15.9. The van der Waals surface area contributed by atoms with Gasteiger partial charge in [0.15, 0.2) is 11.3 Å². The summed E-state index contributed by atoms with van der Waals surface area (Å²) < 4.78 is 1.79. The summed E-state index contributed by atoms with van der Waals surface area (Å²) in [4.78, 5) is 21.0. The predicted molar refractivity (Wildman–Crippen MR) is 91.1 cm³/mol. The smallest absolute Gasteiger partial charge is 0.306 e. The highest BCUT2D eigenvalue weighted by Crippen LogP contribution is 2.10. The zero-order valence-corrected chi connectivity index (χ0v) is 13.4. The van der Waals surface area contributed by atoms with Crippen LogP contribution in [0.15, 0.2) is 70.9 Å². The lowest BCUT2D eigenvalue weighted by atomic mass is 10.1. The molecule has 3 rings (SSSR count). The number of carbonyl (C=O) groups excluding carboxylic acids is 1. The van der Waals surface area contributed by atoms with Crippen molar-refractivity contribution in [2.75, 3.05) is 11.9 Å². The number of para-hydroxylation sites is 1. The Hall–Kier alpha value is -3.02. The Morgan fingerprint density at radius 3 is 2.58 bits per heavy atom. The first-order chi connectivity index (χ1) is 11.7. The molecule has 1 aliphatic rings. The van der Waals surface area contributed by atoms with Gasteiger partial charge in [0.2, 0.25) is 0 Å². The molecular formula is C18H19N4O2+. The Morgan fingerprint density at radius 2 is 1.88 bits per heavy atom. The first-order valence-electron chi connectivity index (χ1n) is 7.83. The van der Waals surface area contributed by atoms with Gasteiger partial charge in [-0.25, -0.2) is 4.79 Å². The van der Waals surface area contributed by atoms with Gasteiger partial charge < -0.3 is 5.32 Å². The summed E-state index contributed by atoms with van der Waals surface area (Å²) in [6.07, 6.45) is 0.844. The number of urea groups is 1. The van der Waals surface area contributed by atoms with Gasteiger partial charge in [-0.05, 0) is 17.7 Å². The van der Waals surface area contributed by atoms with Gasteiger partial charge in [-0.3, -0.25) is 4.84 Å². The van der Waals surface area contributed by atoms with Gasteiger partial charge in [0, 0.05) is 19.0 Å². The Morgan fingerprint density at radius 1 is 1.21 bits per heavy atom. The molecule has 6 heteroatoms. The molecule has 0 unspecified atom stereocenters. The molecule has 0 aliphatic carbocycles. The minimum Gasteiger partial charge on any atom is -0.306 e. The molecular weight excluding hydrogens is 304 g/mol. The van der Waals surface area contributed by atoms with Crippen LogP contribution < -0.4 is 5.32 Å². The molecule has 122 valence electrons. The molecule has 0 radical (unpaired) electrons. The summed E-state index contributed by atoms with van der Waals surface area (Å²) in [7, 11) is 0. The van der Waals surface area contributed by atoms with E-state index in [1.54, 1.807) is 16.8 Å². The van der Waals surface area contributed by atoms with E-state index in [0.29, 0.717) is 18.1 Å². The lowest BCUT2D eigenvalue weighted by molar-refractivity contribution is -0.616. The van der Waals surface area contributed by atoms with Crippen molar-refractivity contribution in [3.05, 3.63) is 66.2 Å². The summed E-state index contributed by atoms with van der Waals surface area (Å²) in [6, 6.07) is 19.0. The molecule has 0 fully saturated rings. The second kappa shape index (κ2) is 7.50. The fourth-order valence-corrected chi connectivity index (χ4v) is 2.43. The highest BCUT2D eigenvalue weighted by Gasteiger charge is 2.29. The molecule has 2 amide bonds. The van der Waals surface area contributed by atoms with Gasteiger partial charge in [0.05, 0.1) is 0 Å². The molecule has 0 spiro atoms. The van der Waals surface area contributed by atoms with E-state index in [2.05, 4.69) is 34.6 Å². The minimum atomic E-state index is -0.469. The number of carbonyl (C=O) groups is 1. The van der Waals surface area contributed by atoms with Crippen molar-refractivity contribution in [2.24, 2.45) is 10.3 Å². The monoisotopic (exact) mass is 323 g/mol. The normalized spacial score (nSPS) is 16.4. The number of aliphatic imine (C=N–C) groups is 1. The van der Waals surface area contributed by atoms with Gasteiger partial charge >= 0.3 is 11.9 Å². The molecule has 24 heavy (non-hydrogen) atoms.